The molecule has 0 aliphatic heterocycles. The summed E-state index contributed by atoms with van der Waals surface area (Å²) in [6.07, 6.45) is 3.90. The number of halogens is 1. The van der Waals surface area contributed by atoms with Crippen molar-refractivity contribution in [2.45, 2.75) is 6.10 Å². The topological polar surface area (TPSA) is 46.3 Å². The molecule has 2 aromatic heterocycles. The molecule has 0 aliphatic rings. The molecule has 0 spiro atoms. The summed E-state index contributed by atoms with van der Waals surface area (Å²) in [5.74, 6) is 0. The summed E-state index contributed by atoms with van der Waals surface area (Å²) in [5.41, 5.74) is 1.25. The van der Waals surface area contributed by atoms with Crippen molar-refractivity contribution in [2.24, 2.45) is 0 Å². The average molecular weight is 210 g/mol. The highest BCUT2D eigenvalue weighted by Crippen LogP contribution is 2.28. The van der Waals surface area contributed by atoms with E-state index in [1.807, 2.05) is 0 Å². The SMILES string of the molecule is OC(c1cccnc1)c1ccoc1Cl. The molecule has 2 heterocycles. The Balaban J connectivity index is 2.34. The lowest BCUT2D eigenvalue weighted by Crippen LogP contribution is -1.98. The normalized spacial score (nSPS) is 12.7. The zero-order valence-electron chi connectivity index (χ0n) is 7.22. The lowest BCUT2D eigenvalue weighted by Gasteiger charge is -2.07. The molecule has 1 N–H and O–H groups in total. The van der Waals surface area contributed by atoms with Crippen LogP contribution in [0.5, 0.6) is 0 Å². The lowest BCUT2D eigenvalue weighted by atomic mass is 10.1. The lowest BCUT2D eigenvalue weighted by molar-refractivity contribution is 0.219. The van der Waals surface area contributed by atoms with Crippen LogP contribution >= 0.6 is 11.6 Å². The fourth-order valence-electron chi connectivity index (χ4n) is 1.22. The molecule has 2 rings (SSSR count). The van der Waals surface area contributed by atoms with Crippen molar-refractivity contribution < 1.29 is 9.52 Å². The Kier molecular flexibility index (Phi) is 2.52. The molecule has 14 heavy (non-hydrogen) atoms. The van der Waals surface area contributed by atoms with Gasteiger partial charge in [-0.15, -0.1) is 0 Å². The molecule has 1 unspecified atom stereocenters. The molecule has 72 valence electrons. The first-order valence-corrected chi connectivity index (χ1v) is 4.47. The largest absolute Gasteiger partial charge is 0.453 e. The van der Waals surface area contributed by atoms with Crippen molar-refractivity contribution in [3.05, 3.63) is 53.2 Å². The summed E-state index contributed by atoms with van der Waals surface area (Å²) in [7, 11) is 0. The van der Waals surface area contributed by atoms with Gasteiger partial charge in [-0.3, -0.25) is 4.98 Å². The Morgan fingerprint density at radius 2 is 2.29 bits per heavy atom. The van der Waals surface area contributed by atoms with E-state index in [1.54, 1.807) is 30.6 Å². The van der Waals surface area contributed by atoms with E-state index in [4.69, 9.17) is 16.0 Å². The Hall–Kier alpha value is -1.32. The van der Waals surface area contributed by atoms with E-state index >= 15 is 0 Å². The van der Waals surface area contributed by atoms with E-state index < -0.39 is 6.10 Å². The molecule has 2 aromatic rings. The van der Waals surface area contributed by atoms with Gasteiger partial charge < -0.3 is 9.52 Å². The van der Waals surface area contributed by atoms with Crippen LogP contribution in [-0.2, 0) is 0 Å². The second-order valence-electron chi connectivity index (χ2n) is 2.84. The number of nitrogens with zero attached hydrogens (tertiary/aromatic N) is 1. The van der Waals surface area contributed by atoms with E-state index in [0.29, 0.717) is 11.1 Å². The number of hydrogen-bond donors (Lipinski definition) is 1. The van der Waals surface area contributed by atoms with Crippen molar-refractivity contribution in [1.82, 2.24) is 4.98 Å². The summed E-state index contributed by atoms with van der Waals surface area (Å²) in [6, 6.07) is 5.17. The highest BCUT2D eigenvalue weighted by molar-refractivity contribution is 6.29. The van der Waals surface area contributed by atoms with Gasteiger partial charge in [0.05, 0.1) is 6.26 Å². The molecule has 0 aromatic carbocycles. The van der Waals surface area contributed by atoms with Crippen LogP contribution in [0.3, 0.4) is 0 Å². The van der Waals surface area contributed by atoms with E-state index in [-0.39, 0.29) is 5.22 Å². The number of pyridine rings is 1. The van der Waals surface area contributed by atoms with Crippen LogP contribution in [-0.4, -0.2) is 10.1 Å². The minimum absolute atomic E-state index is 0.210. The number of aliphatic hydroxyl groups excluding tert-OH is 1. The van der Waals surface area contributed by atoms with Gasteiger partial charge in [0.15, 0.2) is 5.22 Å². The first-order chi connectivity index (χ1) is 6.79. The molecule has 0 radical (unpaired) electrons. The minimum atomic E-state index is -0.782. The van der Waals surface area contributed by atoms with Gasteiger partial charge >= 0.3 is 0 Å². The Labute approximate surface area is 86.0 Å². The molecule has 4 heteroatoms. The van der Waals surface area contributed by atoms with E-state index in [2.05, 4.69) is 4.98 Å². The van der Waals surface area contributed by atoms with Crippen LogP contribution in [0, 0.1) is 0 Å². The summed E-state index contributed by atoms with van der Waals surface area (Å²) < 4.78 is 4.89. The standard InChI is InChI=1S/C10H8ClNO2/c11-10-8(3-5-14-10)9(13)7-2-1-4-12-6-7/h1-6,9,13H. The fourth-order valence-corrected chi connectivity index (χ4v) is 1.43. The van der Waals surface area contributed by atoms with E-state index in [0.717, 1.165) is 0 Å². The molecule has 0 saturated carbocycles. The van der Waals surface area contributed by atoms with Gasteiger partial charge in [0.1, 0.15) is 6.10 Å². The maximum Gasteiger partial charge on any atom is 0.199 e. The van der Waals surface area contributed by atoms with Gasteiger partial charge in [0.2, 0.25) is 0 Å². The molecule has 0 amide bonds. The Bertz CT molecular complexity index is 413. The molecule has 0 aliphatic carbocycles. The summed E-state index contributed by atoms with van der Waals surface area (Å²) >= 11 is 5.74. The third kappa shape index (κ3) is 1.64. The number of hydrogen-bond acceptors (Lipinski definition) is 3. The number of aliphatic hydroxyl groups is 1. The van der Waals surface area contributed by atoms with E-state index in [9.17, 15) is 5.11 Å². The van der Waals surface area contributed by atoms with Gasteiger partial charge in [-0.1, -0.05) is 6.07 Å². The van der Waals surface area contributed by atoms with Crippen LogP contribution < -0.4 is 0 Å². The molecule has 1 atom stereocenters. The summed E-state index contributed by atoms with van der Waals surface area (Å²) in [5, 5.41) is 10.1. The third-order valence-corrected chi connectivity index (χ3v) is 2.25. The Morgan fingerprint density at radius 3 is 2.86 bits per heavy atom. The number of furan rings is 1. The zero-order chi connectivity index (χ0) is 9.97. The maximum atomic E-state index is 9.88. The van der Waals surface area contributed by atoms with Crippen LogP contribution in [0.25, 0.3) is 0 Å². The van der Waals surface area contributed by atoms with Gasteiger partial charge in [0, 0.05) is 23.5 Å². The van der Waals surface area contributed by atoms with E-state index in [1.165, 1.54) is 6.26 Å². The van der Waals surface area contributed by atoms with Crippen molar-refractivity contribution in [3.8, 4) is 0 Å². The predicted molar refractivity (Wildman–Crippen MR) is 52.0 cm³/mol. The van der Waals surface area contributed by atoms with Crippen molar-refractivity contribution in [2.75, 3.05) is 0 Å². The quantitative estimate of drug-likeness (QED) is 0.826. The van der Waals surface area contributed by atoms with Gasteiger partial charge in [-0.05, 0) is 23.7 Å². The highest BCUT2D eigenvalue weighted by atomic mass is 35.5. The summed E-state index contributed by atoms with van der Waals surface area (Å²) in [6.45, 7) is 0. The molecular formula is C10H8ClNO2. The fraction of sp³-hybridized carbons (Fsp3) is 0.100. The van der Waals surface area contributed by atoms with Crippen LogP contribution in [0.15, 0.2) is 41.3 Å². The second-order valence-corrected chi connectivity index (χ2v) is 3.18. The van der Waals surface area contributed by atoms with Gasteiger partial charge in [-0.25, -0.2) is 0 Å². The maximum absolute atomic E-state index is 9.88. The van der Waals surface area contributed by atoms with Crippen molar-refractivity contribution in [1.29, 1.82) is 0 Å². The highest BCUT2D eigenvalue weighted by Gasteiger charge is 2.15. The molecule has 3 nitrogen and oxygen atoms in total. The van der Waals surface area contributed by atoms with Crippen LogP contribution in [0.2, 0.25) is 5.22 Å². The molecule has 0 saturated heterocycles. The zero-order valence-corrected chi connectivity index (χ0v) is 7.98. The van der Waals surface area contributed by atoms with Gasteiger partial charge in [-0.2, -0.15) is 0 Å². The van der Waals surface area contributed by atoms with Crippen LogP contribution in [0.4, 0.5) is 0 Å². The Morgan fingerprint density at radius 1 is 1.43 bits per heavy atom. The van der Waals surface area contributed by atoms with Crippen molar-refractivity contribution in [3.63, 3.8) is 0 Å². The predicted octanol–water partition coefficient (Wildman–Crippen LogP) is 2.41. The van der Waals surface area contributed by atoms with Gasteiger partial charge in [0.25, 0.3) is 0 Å². The number of aromatic nitrogens is 1. The van der Waals surface area contributed by atoms with Crippen molar-refractivity contribution >= 4 is 11.6 Å². The minimum Gasteiger partial charge on any atom is -0.453 e. The summed E-state index contributed by atoms with van der Waals surface area (Å²) in [4.78, 5) is 3.91. The first-order valence-electron chi connectivity index (χ1n) is 4.10. The average Bonchev–Trinajstić information content (AvgIpc) is 2.65. The second kappa shape index (κ2) is 3.82. The van der Waals surface area contributed by atoms with Crippen LogP contribution in [0.1, 0.15) is 17.2 Å². The first kappa shape index (κ1) is 9.24. The molecule has 0 fully saturated rings. The molecule has 0 bridgehead atoms. The smallest absolute Gasteiger partial charge is 0.199 e. The monoisotopic (exact) mass is 209 g/mol. The molecular weight excluding hydrogens is 202 g/mol. The third-order valence-electron chi connectivity index (χ3n) is 1.94. The number of rotatable bonds is 2.